The number of imidazole rings is 1. The van der Waals surface area contributed by atoms with Crippen molar-refractivity contribution in [1.82, 2.24) is 20.2 Å². The lowest BCUT2D eigenvalue weighted by molar-refractivity contribution is -0.122. The molecule has 2 N–H and O–H groups in total. The summed E-state index contributed by atoms with van der Waals surface area (Å²) >= 11 is 0. The highest BCUT2D eigenvalue weighted by atomic mass is 32.2. The van der Waals surface area contributed by atoms with E-state index in [1.54, 1.807) is 12.5 Å². The summed E-state index contributed by atoms with van der Waals surface area (Å²) < 4.78 is 24.9. The van der Waals surface area contributed by atoms with Crippen molar-refractivity contribution in [2.24, 2.45) is 0 Å². The Balaban J connectivity index is 1.77. The van der Waals surface area contributed by atoms with Crippen LogP contribution in [-0.4, -0.2) is 54.0 Å². The third kappa shape index (κ3) is 4.61. The summed E-state index contributed by atoms with van der Waals surface area (Å²) in [4.78, 5) is 15.8. The molecule has 1 aliphatic heterocycles. The number of rotatable bonds is 5. The third-order valence-corrected chi connectivity index (χ3v) is 4.92. The van der Waals surface area contributed by atoms with Gasteiger partial charge in [-0.25, -0.2) is 13.4 Å². The topological polar surface area (TPSA) is 93.1 Å². The molecule has 1 aliphatic rings. The van der Waals surface area contributed by atoms with Gasteiger partial charge in [-0.2, -0.15) is 0 Å². The first-order chi connectivity index (χ1) is 9.44. The van der Waals surface area contributed by atoms with Crippen molar-refractivity contribution >= 4 is 15.7 Å². The molecule has 0 bridgehead atoms. The lowest BCUT2D eigenvalue weighted by Crippen LogP contribution is -2.48. The highest BCUT2D eigenvalue weighted by molar-refractivity contribution is 7.91. The maximum absolute atomic E-state index is 11.9. The molecule has 0 saturated carbocycles. The third-order valence-electron chi connectivity index (χ3n) is 3.18. The molecule has 1 amide bonds. The van der Waals surface area contributed by atoms with Crippen molar-refractivity contribution in [1.29, 1.82) is 0 Å². The second-order valence-corrected chi connectivity index (χ2v) is 7.43. The van der Waals surface area contributed by atoms with E-state index in [-0.39, 0.29) is 35.9 Å². The van der Waals surface area contributed by atoms with E-state index in [2.05, 4.69) is 15.6 Å². The molecule has 1 aromatic rings. The lowest BCUT2D eigenvalue weighted by Gasteiger charge is -2.24. The van der Waals surface area contributed by atoms with Crippen LogP contribution in [0.3, 0.4) is 0 Å². The van der Waals surface area contributed by atoms with Crippen molar-refractivity contribution in [2.75, 3.05) is 18.1 Å². The first-order valence-corrected chi connectivity index (χ1v) is 8.46. The van der Waals surface area contributed by atoms with Crippen LogP contribution in [0.15, 0.2) is 18.7 Å². The SMILES string of the molecule is CC(Cn1ccnc1)NC(=O)CC1CS(=O)(=O)CCN1. The Bertz CT molecular complexity index is 541. The lowest BCUT2D eigenvalue weighted by atomic mass is 10.2. The minimum atomic E-state index is -3.00. The van der Waals surface area contributed by atoms with E-state index >= 15 is 0 Å². The Morgan fingerprint density at radius 2 is 2.40 bits per heavy atom. The minimum Gasteiger partial charge on any atom is -0.352 e. The predicted molar refractivity (Wildman–Crippen MR) is 74.9 cm³/mol. The summed E-state index contributed by atoms with van der Waals surface area (Å²) in [5.41, 5.74) is 0. The van der Waals surface area contributed by atoms with E-state index in [1.165, 1.54) is 0 Å². The molecule has 2 rings (SSSR count). The second-order valence-electron chi connectivity index (χ2n) is 5.20. The number of nitrogens with zero attached hydrogens (tertiary/aromatic N) is 2. The van der Waals surface area contributed by atoms with Gasteiger partial charge in [0.2, 0.25) is 5.91 Å². The van der Waals surface area contributed by atoms with Crippen LogP contribution in [0.2, 0.25) is 0 Å². The molecule has 2 unspecified atom stereocenters. The molecule has 1 saturated heterocycles. The van der Waals surface area contributed by atoms with Crippen molar-refractivity contribution in [3.05, 3.63) is 18.7 Å². The minimum absolute atomic E-state index is 0.0307. The average molecular weight is 300 g/mol. The normalized spacial score (nSPS) is 23.1. The van der Waals surface area contributed by atoms with Crippen LogP contribution in [0.25, 0.3) is 0 Å². The molecular formula is C12H20N4O3S. The van der Waals surface area contributed by atoms with Gasteiger partial charge in [-0.1, -0.05) is 0 Å². The Kier molecular flexibility index (Phi) is 4.77. The van der Waals surface area contributed by atoms with Crippen molar-refractivity contribution in [2.45, 2.75) is 32.0 Å². The molecule has 2 atom stereocenters. The van der Waals surface area contributed by atoms with Crippen LogP contribution in [0, 0.1) is 0 Å². The zero-order valence-electron chi connectivity index (χ0n) is 11.4. The molecule has 0 aromatic carbocycles. The zero-order chi connectivity index (χ0) is 14.6. The van der Waals surface area contributed by atoms with E-state index < -0.39 is 9.84 Å². The van der Waals surface area contributed by atoms with E-state index in [4.69, 9.17) is 0 Å². The standard InChI is InChI=1S/C12H20N4O3S/c1-10(7-16-4-2-13-9-16)15-12(17)6-11-8-20(18,19)5-3-14-11/h2,4,9-11,14H,3,5-8H2,1H3,(H,15,17). The molecule has 0 spiro atoms. The number of hydrogen-bond donors (Lipinski definition) is 2. The molecule has 7 nitrogen and oxygen atoms in total. The van der Waals surface area contributed by atoms with E-state index in [1.807, 2.05) is 17.7 Å². The van der Waals surface area contributed by atoms with Gasteiger partial charge in [-0.3, -0.25) is 4.79 Å². The molecule has 1 fully saturated rings. The number of nitrogens with one attached hydrogen (secondary N) is 2. The Labute approximate surface area is 118 Å². The number of aromatic nitrogens is 2. The summed E-state index contributed by atoms with van der Waals surface area (Å²) in [7, 11) is -3.00. The van der Waals surface area contributed by atoms with Gasteiger partial charge in [0.1, 0.15) is 0 Å². The van der Waals surface area contributed by atoms with Gasteiger partial charge >= 0.3 is 0 Å². The largest absolute Gasteiger partial charge is 0.352 e. The van der Waals surface area contributed by atoms with E-state index in [9.17, 15) is 13.2 Å². The van der Waals surface area contributed by atoms with Gasteiger partial charge in [0.05, 0.1) is 17.8 Å². The van der Waals surface area contributed by atoms with Crippen molar-refractivity contribution in [3.8, 4) is 0 Å². The van der Waals surface area contributed by atoms with Crippen LogP contribution in [0.1, 0.15) is 13.3 Å². The molecule has 112 valence electrons. The second kappa shape index (κ2) is 6.36. The highest BCUT2D eigenvalue weighted by Gasteiger charge is 2.26. The summed E-state index contributed by atoms with van der Waals surface area (Å²) in [6.07, 6.45) is 5.40. The molecular weight excluding hydrogens is 280 g/mol. The van der Waals surface area contributed by atoms with Gasteiger partial charge in [-0.05, 0) is 6.92 Å². The maximum Gasteiger partial charge on any atom is 0.221 e. The first-order valence-electron chi connectivity index (χ1n) is 6.63. The van der Waals surface area contributed by atoms with Crippen LogP contribution in [0.4, 0.5) is 0 Å². The fourth-order valence-corrected chi connectivity index (χ4v) is 3.76. The number of carbonyl (C=O) groups excluding carboxylic acids is 1. The van der Waals surface area contributed by atoms with Gasteiger partial charge in [0, 0.05) is 44.0 Å². The van der Waals surface area contributed by atoms with Crippen LogP contribution in [0.5, 0.6) is 0 Å². The molecule has 20 heavy (non-hydrogen) atoms. The smallest absolute Gasteiger partial charge is 0.221 e. The van der Waals surface area contributed by atoms with Crippen LogP contribution in [-0.2, 0) is 21.2 Å². The summed E-state index contributed by atoms with van der Waals surface area (Å²) in [6.45, 7) is 2.97. The Morgan fingerprint density at radius 3 is 3.05 bits per heavy atom. The first kappa shape index (κ1) is 15.0. The fraction of sp³-hybridized carbons (Fsp3) is 0.667. The van der Waals surface area contributed by atoms with Crippen LogP contribution < -0.4 is 10.6 Å². The average Bonchev–Trinajstić information content (AvgIpc) is 2.79. The van der Waals surface area contributed by atoms with Crippen LogP contribution >= 0.6 is 0 Å². The molecule has 1 aromatic heterocycles. The highest BCUT2D eigenvalue weighted by Crippen LogP contribution is 2.05. The van der Waals surface area contributed by atoms with Gasteiger partial charge in [0.15, 0.2) is 9.84 Å². The number of sulfone groups is 1. The number of amides is 1. The van der Waals surface area contributed by atoms with Crippen molar-refractivity contribution in [3.63, 3.8) is 0 Å². The molecule has 0 aliphatic carbocycles. The zero-order valence-corrected chi connectivity index (χ0v) is 12.3. The van der Waals surface area contributed by atoms with Gasteiger partial charge in [-0.15, -0.1) is 0 Å². The predicted octanol–water partition coefficient (Wildman–Crippen LogP) is -0.835. The van der Waals surface area contributed by atoms with Gasteiger partial charge in [0.25, 0.3) is 0 Å². The van der Waals surface area contributed by atoms with E-state index in [0.29, 0.717) is 13.1 Å². The number of hydrogen-bond acceptors (Lipinski definition) is 5. The fourth-order valence-electron chi connectivity index (χ4n) is 2.31. The number of carbonyl (C=O) groups is 1. The summed E-state index contributed by atoms with van der Waals surface area (Å²) in [6, 6.07) is -0.314. The molecule has 8 heteroatoms. The molecule has 2 heterocycles. The maximum atomic E-state index is 11.9. The Hall–Kier alpha value is -1.41. The van der Waals surface area contributed by atoms with Crippen molar-refractivity contribution < 1.29 is 13.2 Å². The van der Waals surface area contributed by atoms with E-state index in [0.717, 1.165) is 0 Å². The molecule has 0 radical (unpaired) electrons. The summed E-state index contributed by atoms with van der Waals surface area (Å²) in [5, 5.41) is 5.94. The summed E-state index contributed by atoms with van der Waals surface area (Å²) in [5.74, 6) is 0.0607. The van der Waals surface area contributed by atoms with Gasteiger partial charge < -0.3 is 15.2 Å². The monoisotopic (exact) mass is 300 g/mol. The quantitative estimate of drug-likeness (QED) is 0.740. The Morgan fingerprint density at radius 1 is 1.60 bits per heavy atom.